The monoisotopic (exact) mass is 461 g/mol. The summed E-state index contributed by atoms with van der Waals surface area (Å²) >= 11 is 2.84. The number of aryl methyl sites for hydroxylation is 3. The first kappa shape index (κ1) is 22.0. The molecule has 4 rings (SSSR count). The molecule has 162 valence electrons. The largest absolute Gasteiger partial charge is 0.457 e. The molecule has 0 aliphatic carbocycles. The maximum Gasteiger partial charge on any atom is 0.210 e. The molecule has 32 heavy (non-hydrogen) atoms. The van der Waals surface area contributed by atoms with Gasteiger partial charge in [0.2, 0.25) is 5.13 Å². The summed E-state index contributed by atoms with van der Waals surface area (Å²) in [4.78, 5) is 12.7. The van der Waals surface area contributed by atoms with E-state index in [1.54, 1.807) is 0 Å². The van der Waals surface area contributed by atoms with Gasteiger partial charge in [-0.05, 0) is 79.9 Å². The van der Waals surface area contributed by atoms with Crippen molar-refractivity contribution in [2.75, 3.05) is 11.1 Å². The number of carbonyl (C=O) groups is 1. The molecule has 0 fully saturated rings. The molecule has 0 bridgehead atoms. The molecule has 0 amide bonds. The first-order valence-corrected chi connectivity index (χ1v) is 12.0. The molecule has 7 heteroatoms. The van der Waals surface area contributed by atoms with Crippen LogP contribution >= 0.6 is 23.1 Å². The summed E-state index contributed by atoms with van der Waals surface area (Å²) in [5.41, 5.74) is 5.01. The van der Waals surface area contributed by atoms with Crippen molar-refractivity contribution in [1.29, 1.82) is 0 Å². The van der Waals surface area contributed by atoms with Crippen LogP contribution in [-0.2, 0) is 0 Å². The molecule has 0 unspecified atom stereocenters. The molecule has 0 atom stereocenters. The molecule has 1 aromatic heterocycles. The molecule has 1 N–H and O–H groups in total. The van der Waals surface area contributed by atoms with E-state index in [-0.39, 0.29) is 5.78 Å². The Morgan fingerprint density at radius 1 is 0.906 bits per heavy atom. The number of nitrogens with one attached hydrogen (secondary N) is 1. The summed E-state index contributed by atoms with van der Waals surface area (Å²) in [6.07, 6.45) is 0. The van der Waals surface area contributed by atoms with Crippen LogP contribution in [-0.4, -0.2) is 21.7 Å². The van der Waals surface area contributed by atoms with Gasteiger partial charge >= 0.3 is 0 Å². The van der Waals surface area contributed by atoms with Gasteiger partial charge in [-0.25, -0.2) is 0 Å². The van der Waals surface area contributed by atoms with E-state index in [2.05, 4.69) is 28.5 Å². The van der Waals surface area contributed by atoms with E-state index < -0.39 is 0 Å². The van der Waals surface area contributed by atoms with Crippen LogP contribution in [0.15, 0.2) is 71.1 Å². The molecule has 5 nitrogen and oxygen atoms in total. The minimum absolute atomic E-state index is 0.106. The predicted octanol–water partition coefficient (Wildman–Crippen LogP) is 6.97. The van der Waals surface area contributed by atoms with Crippen LogP contribution in [0.2, 0.25) is 0 Å². The van der Waals surface area contributed by atoms with Gasteiger partial charge in [-0.3, -0.25) is 4.79 Å². The molecule has 0 spiro atoms. The summed E-state index contributed by atoms with van der Waals surface area (Å²) < 4.78 is 6.57. The first-order chi connectivity index (χ1) is 15.5. The van der Waals surface area contributed by atoms with Gasteiger partial charge in [0, 0.05) is 11.3 Å². The SMILES string of the molecule is Cc1cc(C)c(C(=O)CSc2nnc(Nc3ccc(Oc4ccccc4)cc3)s2)cc1C. The van der Waals surface area contributed by atoms with Gasteiger partial charge in [0.25, 0.3) is 0 Å². The predicted molar refractivity (Wildman–Crippen MR) is 132 cm³/mol. The highest BCUT2D eigenvalue weighted by Crippen LogP contribution is 2.30. The highest BCUT2D eigenvalue weighted by molar-refractivity contribution is 8.01. The third-order valence-corrected chi connectivity index (χ3v) is 6.93. The fourth-order valence-corrected chi connectivity index (χ4v) is 4.79. The standard InChI is InChI=1S/C25H23N3O2S2/c1-16-13-18(3)22(14-17(16)2)23(29)15-31-25-28-27-24(32-25)26-19-9-11-21(12-10-19)30-20-7-5-4-6-8-20/h4-14H,15H2,1-3H3,(H,26,27). The number of ketones is 1. The van der Waals surface area contributed by atoms with Crippen molar-refractivity contribution in [3.63, 3.8) is 0 Å². The summed E-state index contributed by atoms with van der Waals surface area (Å²) in [6.45, 7) is 6.07. The number of para-hydroxylation sites is 1. The molecule has 0 aliphatic rings. The number of ether oxygens (including phenoxy) is 1. The molecule has 0 saturated heterocycles. The maximum atomic E-state index is 12.7. The normalized spacial score (nSPS) is 10.7. The van der Waals surface area contributed by atoms with E-state index in [1.165, 1.54) is 28.7 Å². The molecule has 4 aromatic rings. The Balaban J connectivity index is 1.33. The zero-order valence-corrected chi connectivity index (χ0v) is 19.7. The van der Waals surface area contributed by atoms with Crippen molar-refractivity contribution in [3.05, 3.63) is 89.0 Å². The molecule has 0 saturated carbocycles. The van der Waals surface area contributed by atoms with Gasteiger partial charge in [0.15, 0.2) is 10.1 Å². The van der Waals surface area contributed by atoms with Gasteiger partial charge in [0.1, 0.15) is 11.5 Å². The highest BCUT2D eigenvalue weighted by atomic mass is 32.2. The maximum absolute atomic E-state index is 12.7. The Kier molecular flexibility index (Phi) is 6.87. The van der Waals surface area contributed by atoms with Crippen molar-refractivity contribution in [2.45, 2.75) is 25.1 Å². The van der Waals surface area contributed by atoms with Crippen molar-refractivity contribution in [3.8, 4) is 11.5 Å². The average Bonchev–Trinajstić information content (AvgIpc) is 3.24. The van der Waals surface area contributed by atoms with Crippen molar-refractivity contribution >= 4 is 39.7 Å². The second-order valence-electron chi connectivity index (χ2n) is 7.40. The summed E-state index contributed by atoms with van der Waals surface area (Å²) in [5.74, 6) is 2.00. The molecular weight excluding hydrogens is 438 g/mol. The van der Waals surface area contributed by atoms with Crippen LogP contribution in [0.25, 0.3) is 0 Å². The lowest BCUT2D eigenvalue weighted by Crippen LogP contribution is -2.06. The molecular formula is C25H23N3O2S2. The Labute approximate surface area is 195 Å². The quantitative estimate of drug-likeness (QED) is 0.226. The summed E-state index contributed by atoms with van der Waals surface area (Å²) in [5, 5.41) is 12.3. The van der Waals surface area contributed by atoms with Crippen molar-refractivity contribution < 1.29 is 9.53 Å². The third-order valence-electron chi connectivity index (χ3n) is 4.96. The number of Topliss-reactive ketones (excluding diaryl/α,β-unsaturated/α-hetero) is 1. The van der Waals surface area contributed by atoms with Crippen LogP contribution in [0.4, 0.5) is 10.8 Å². The zero-order valence-electron chi connectivity index (χ0n) is 18.1. The lowest BCUT2D eigenvalue weighted by Gasteiger charge is -2.08. The van der Waals surface area contributed by atoms with Gasteiger partial charge in [-0.15, -0.1) is 10.2 Å². The van der Waals surface area contributed by atoms with Crippen LogP contribution in [0.3, 0.4) is 0 Å². The number of hydrogen-bond donors (Lipinski definition) is 1. The Bertz CT molecular complexity index is 1220. The smallest absolute Gasteiger partial charge is 0.210 e. The first-order valence-electron chi connectivity index (χ1n) is 10.2. The van der Waals surface area contributed by atoms with Gasteiger partial charge in [0.05, 0.1) is 5.75 Å². The zero-order chi connectivity index (χ0) is 22.5. The lowest BCUT2D eigenvalue weighted by molar-refractivity contribution is 0.102. The van der Waals surface area contributed by atoms with Crippen LogP contribution in [0.1, 0.15) is 27.0 Å². The van der Waals surface area contributed by atoms with Crippen LogP contribution < -0.4 is 10.1 Å². The van der Waals surface area contributed by atoms with Crippen molar-refractivity contribution in [1.82, 2.24) is 10.2 Å². The highest BCUT2D eigenvalue weighted by Gasteiger charge is 2.13. The number of hydrogen-bond acceptors (Lipinski definition) is 7. The van der Waals surface area contributed by atoms with E-state index in [4.69, 9.17) is 4.74 Å². The number of carbonyl (C=O) groups excluding carboxylic acids is 1. The molecule has 1 heterocycles. The molecule has 3 aromatic carbocycles. The van der Waals surface area contributed by atoms with Gasteiger partial charge in [-0.2, -0.15) is 0 Å². The molecule has 0 radical (unpaired) electrons. The van der Waals surface area contributed by atoms with E-state index in [0.717, 1.165) is 38.2 Å². The van der Waals surface area contributed by atoms with E-state index in [1.807, 2.05) is 74.5 Å². The van der Waals surface area contributed by atoms with Gasteiger partial charge in [-0.1, -0.05) is 47.4 Å². The minimum Gasteiger partial charge on any atom is -0.457 e. The number of benzene rings is 3. The lowest BCUT2D eigenvalue weighted by atomic mass is 9.99. The fourth-order valence-electron chi connectivity index (χ4n) is 3.14. The van der Waals surface area contributed by atoms with E-state index in [0.29, 0.717) is 10.9 Å². The summed E-state index contributed by atoms with van der Waals surface area (Å²) in [6, 6.07) is 21.4. The average molecular weight is 462 g/mol. The van der Waals surface area contributed by atoms with Crippen LogP contribution in [0, 0.1) is 20.8 Å². The summed E-state index contributed by atoms with van der Waals surface area (Å²) in [7, 11) is 0. The number of anilines is 2. The Hall–Kier alpha value is -3.16. The molecule has 0 aliphatic heterocycles. The van der Waals surface area contributed by atoms with Gasteiger partial charge < -0.3 is 10.1 Å². The van der Waals surface area contributed by atoms with E-state index in [9.17, 15) is 4.79 Å². The van der Waals surface area contributed by atoms with Crippen molar-refractivity contribution in [2.24, 2.45) is 0 Å². The minimum atomic E-state index is 0.106. The fraction of sp³-hybridized carbons (Fsp3) is 0.160. The number of aromatic nitrogens is 2. The second-order valence-corrected chi connectivity index (χ2v) is 9.60. The topological polar surface area (TPSA) is 64.1 Å². The van der Waals surface area contributed by atoms with E-state index >= 15 is 0 Å². The Morgan fingerprint density at radius 3 is 2.34 bits per heavy atom. The second kappa shape index (κ2) is 9.97. The van der Waals surface area contributed by atoms with Crippen LogP contribution in [0.5, 0.6) is 11.5 Å². The third kappa shape index (κ3) is 5.55. The number of nitrogens with zero attached hydrogens (tertiary/aromatic N) is 2. The number of rotatable bonds is 8. The Morgan fingerprint density at radius 2 is 1.59 bits per heavy atom. The number of thioether (sulfide) groups is 1.